The maximum absolute atomic E-state index is 11.7. The summed E-state index contributed by atoms with van der Waals surface area (Å²) in [6.45, 7) is 1.07. The fourth-order valence-corrected chi connectivity index (χ4v) is 2.29. The van der Waals surface area contributed by atoms with Gasteiger partial charge < -0.3 is 15.7 Å². The molecule has 112 valence electrons. The van der Waals surface area contributed by atoms with Crippen LogP contribution in [0.1, 0.15) is 35.2 Å². The van der Waals surface area contributed by atoms with Crippen molar-refractivity contribution >= 4 is 12.0 Å². The van der Waals surface area contributed by atoms with Crippen LogP contribution in [0.3, 0.4) is 0 Å². The van der Waals surface area contributed by atoms with E-state index in [1.54, 1.807) is 12.1 Å². The van der Waals surface area contributed by atoms with E-state index in [0.717, 1.165) is 24.8 Å². The topological polar surface area (TPSA) is 78.4 Å². The van der Waals surface area contributed by atoms with Crippen LogP contribution in [0.15, 0.2) is 36.4 Å². The van der Waals surface area contributed by atoms with Crippen LogP contribution in [0.4, 0.5) is 4.79 Å². The first-order valence-electron chi connectivity index (χ1n) is 7.14. The summed E-state index contributed by atoms with van der Waals surface area (Å²) in [5.74, 6) is -0.426. The molecule has 0 saturated carbocycles. The molecule has 0 heterocycles. The van der Waals surface area contributed by atoms with E-state index < -0.39 is 5.97 Å². The van der Waals surface area contributed by atoms with Gasteiger partial charge in [0.05, 0.1) is 5.56 Å². The Morgan fingerprint density at radius 2 is 1.90 bits per heavy atom. The molecule has 5 heteroatoms. The Morgan fingerprint density at radius 3 is 2.52 bits per heavy atom. The van der Waals surface area contributed by atoms with E-state index in [4.69, 9.17) is 5.11 Å². The third-order valence-electron chi connectivity index (χ3n) is 3.58. The summed E-state index contributed by atoms with van der Waals surface area (Å²) in [5, 5.41) is 14.4. The molecule has 0 aromatic heterocycles. The Hall–Kier alpha value is -2.30. The van der Waals surface area contributed by atoms with Crippen molar-refractivity contribution in [1.82, 2.24) is 10.6 Å². The average Bonchev–Trinajstić information content (AvgIpc) is 2.52. The number of allylic oxidation sites excluding steroid dienone is 2. The van der Waals surface area contributed by atoms with Gasteiger partial charge in [0.15, 0.2) is 0 Å². The predicted molar refractivity (Wildman–Crippen MR) is 80.1 cm³/mol. The number of carboxylic acids is 1. The summed E-state index contributed by atoms with van der Waals surface area (Å²) in [5.41, 5.74) is 1.12. The quantitative estimate of drug-likeness (QED) is 0.729. The zero-order valence-corrected chi connectivity index (χ0v) is 11.8. The fraction of sp³-hybridized carbons (Fsp3) is 0.375. The van der Waals surface area contributed by atoms with Gasteiger partial charge in [0, 0.05) is 13.1 Å². The van der Waals surface area contributed by atoms with Gasteiger partial charge in [-0.1, -0.05) is 24.3 Å². The lowest BCUT2D eigenvalue weighted by atomic mass is 9.94. The van der Waals surface area contributed by atoms with Crippen LogP contribution in [0.2, 0.25) is 0 Å². The van der Waals surface area contributed by atoms with E-state index in [0.29, 0.717) is 19.0 Å². The molecule has 2 rings (SSSR count). The first-order chi connectivity index (χ1) is 10.1. The van der Waals surface area contributed by atoms with Crippen LogP contribution >= 0.6 is 0 Å². The molecule has 1 aliphatic carbocycles. The number of hydrogen-bond donors (Lipinski definition) is 3. The molecule has 1 aromatic rings. The molecular weight excluding hydrogens is 268 g/mol. The molecule has 0 saturated heterocycles. The van der Waals surface area contributed by atoms with Crippen molar-refractivity contribution < 1.29 is 14.7 Å². The lowest BCUT2D eigenvalue weighted by Gasteiger charge is -2.18. The van der Waals surface area contributed by atoms with E-state index in [1.807, 2.05) is 0 Å². The predicted octanol–water partition coefficient (Wildman–Crippen LogP) is 2.54. The monoisotopic (exact) mass is 288 g/mol. The molecule has 1 unspecified atom stereocenters. The molecule has 0 bridgehead atoms. The van der Waals surface area contributed by atoms with E-state index in [2.05, 4.69) is 22.8 Å². The maximum atomic E-state index is 11.7. The number of amides is 2. The first-order valence-corrected chi connectivity index (χ1v) is 7.14. The van der Waals surface area contributed by atoms with Crippen molar-refractivity contribution in [3.8, 4) is 0 Å². The molecule has 1 aromatic carbocycles. The van der Waals surface area contributed by atoms with Gasteiger partial charge in [-0.25, -0.2) is 9.59 Å². The fourth-order valence-electron chi connectivity index (χ4n) is 2.29. The van der Waals surface area contributed by atoms with Gasteiger partial charge in [0.1, 0.15) is 0 Å². The minimum Gasteiger partial charge on any atom is -0.478 e. The molecule has 2 amide bonds. The summed E-state index contributed by atoms with van der Waals surface area (Å²) < 4.78 is 0. The van der Waals surface area contributed by atoms with Crippen LogP contribution in [0.25, 0.3) is 0 Å². The normalized spacial score (nSPS) is 17.2. The molecule has 0 spiro atoms. The summed E-state index contributed by atoms with van der Waals surface area (Å²) in [6.07, 6.45) is 7.57. The third-order valence-corrected chi connectivity index (χ3v) is 3.58. The minimum atomic E-state index is -0.950. The number of carboxylic acid groups (broad SMARTS) is 1. The summed E-state index contributed by atoms with van der Waals surface area (Å²) in [6, 6.07) is 6.29. The number of hydrogen-bond acceptors (Lipinski definition) is 2. The van der Waals surface area contributed by atoms with Gasteiger partial charge in [0.25, 0.3) is 0 Å². The second-order valence-electron chi connectivity index (χ2n) is 5.22. The first kappa shape index (κ1) is 15.1. The maximum Gasteiger partial charge on any atom is 0.335 e. The van der Waals surface area contributed by atoms with Crippen molar-refractivity contribution in [2.75, 3.05) is 6.54 Å². The van der Waals surface area contributed by atoms with Crippen LogP contribution in [-0.2, 0) is 6.54 Å². The van der Waals surface area contributed by atoms with Crippen LogP contribution in [0, 0.1) is 5.92 Å². The van der Waals surface area contributed by atoms with Crippen molar-refractivity contribution in [3.05, 3.63) is 47.5 Å². The van der Waals surface area contributed by atoms with Crippen LogP contribution in [0.5, 0.6) is 0 Å². The summed E-state index contributed by atoms with van der Waals surface area (Å²) in [4.78, 5) is 22.4. The number of rotatable bonds is 5. The van der Waals surface area contributed by atoms with Crippen molar-refractivity contribution in [3.63, 3.8) is 0 Å². The largest absolute Gasteiger partial charge is 0.478 e. The van der Waals surface area contributed by atoms with Gasteiger partial charge >= 0.3 is 12.0 Å². The van der Waals surface area contributed by atoms with E-state index in [-0.39, 0.29) is 11.6 Å². The van der Waals surface area contributed by atoms with Gasteiger partial charge in [-0.2, -0.15) is 0 Å². The molecule has 21 heavy (non-hydrogen) atoms. The van der Waals surface area contributed by atoms with E-state index in [9.17, 15) is 9.59 Å². The molecule has 1 atom stereocenters. The highest BCUT2D eigenvalue weighted by molar-refractivity contribution is 5.87. The highest BCUT2D eigenvalue weighted by Gasteiger charge is 2.11. The van der Waals surface area contributed by atoms with Crippen LogP contribution < -0.4 is 10.6 Å². The molecule has 0 fully saturated rings. The zero-order valence-electron chi connectivity index (χ0n) is 11.8. The smallest absolute Gasteiger partial charge is 0.335 e. The molecule has 5 nitrogen and oxygen atoms in total. The number of benzene rings is 1. The zero-order chi connectivity index (χ0) is 15.1. The number of urea groups is 1. The summed E-state index contributed by atoms with van der Waals surface area (Å²) >= 11 is 0. The number of nitrogens with one attached hydrogen (secondary N) is 2. The second-order valence-corrected chi connectivity index (χ2v) is 5.22. The SMILES string of the molecule is O=C(NCc1ccc(C(=O)O)cc1)NCC1CC=CCC1. The molecule has 1 aliphatic rings. The average molecular weight is 288 g/mol. The van der Waals surface area contributed by atoms with E-state index in [1.165, 1.54) is 12.1 Å². The van der Waals surface area contributed by atoms with E-state index >= 15 is 0 Å². The Bertz CT molecular complexity index is 523. The van der Waals surface area contributed by atoms with Gasteiger partial charge in [-0.15, -0.1) is 0 Å². The minimum absolute atomic E-state index is 0.188. The third kappa shape index (κ3) is 4.95. The standard InChI is InChI=1S/C16H20N2O3/c19-15(20)14-8-6-13(7-9-14)11-18-16(21)17-10-12-4-2-1-3-5-12/h1-2,6-9,12H,3-5,10-11H2,(H,19,20)(H2,17,18,21). The highest BCUT2D eigenvalue weighted by Crippen LogP contribution is 2.16. The number of carbonyl (C=O) groups is 2. The molecule has 0 radical (unpaired) electrons. The lowest BCUT2D eigenvalue weighted by Crippen LogP contribution is -2.38. The Morgan fingerprint density at radius 1 is 1.14 bits per heavy atom. The highest BCUT2D eigenvalue weighted by atomic mass is 16.4. The van der Waals surface area contributed by atoms with Gasteiger partial charge in [0.2, 0.25) is 0 Å². The number of aromatic carboxylic acids is 1. The molecule has 0 aliphatic heterocycles. The second kappa shape index (κ2) is 7.47. The molecule has 3 N–H and O–H groups in total. The van der Waals surface area contributed by atoms with Crippen molar-refractivity contribution in [1.29, 1.82) is 0 Å². The Balaban J connectivity index is 1.70. The Labute approximate surface area is 124 Å². The van der Waals surface area contributed by atoms with Gasteiger partial charge in [-0.05, 0) is 42.9 Å². The lowest BCUT2D eigenvalue weighted by molar-refractivity contribution is 0.0697. The molecular formula is C16H20N2O3. The van der Waals surface area contributed by atoms with Gasteiger partial charge in [-0.3, -0.25) is 0 Å². The van der Waals surface area contributed by atoms with Crippen molar-refractivity contribution in [2.45, 2.75) is 25.8 Å². The Kier molecular flexibility index (Phi) is 5.37. The van der Waals surface area contributed by atoms with Crippen LogP contribution in [-0.4, -0.2) is 23.7 Å². The van der Waals surface area contributed by atoms with Crippen molar-refractivity contribution in [2.24, 2.45) is 5.92 Å². The summed E-state index contributed by atoms with van der Waals surface area (Å²) in [7, 11) is 0. The number of carbonyl (C=O) groups excluding carboxylic acids is 1.